The highest BCUT2D eigenvalue weighted by Crippen LogP contribution is 2.18. The van der Waals surface area contributed by atoms with E-state index < -0.39 is 21.9 Å². The lowest BCUT2D eigenvalue weighted by Gasteiger charge is -2.16. The van der Waals surface area contributed by atoms with Crippen molar-refractivity contribution < 1.29 is 12.8 Å². The summed E-state index contributed by atoms with van der Waals surface area (Å²) in [6.07, 6.45) is 0. The summed E-state index contributed by atoms with van der Waals surface area (Å²) in [5, 5.41) is 0. The van der Waals surface area contributed by atoms with E-state index in [9.17, 15) is 12.8 Å². The summed E-state index contributed by atoms with van der Waals surface area (Å²) in [5.74, 6) is -0.520. The monoisotopic (exact) mass is 313 g/mol. The van der Waals surface area contributed by atoms with Gasteiger partial charge in [-0.1, -0.05) is 36.4 Å². The number of benzene rings is 2. The van der Waals surface area contributed by atoms with Gasteiger partial charge in [0.1, 0.15) is 5.82 Å². The smallest absolute Gasteiger partial charge is 0.207 e. The second-order valence-electron chi connectivity index (χ2n) is 4.20. The maximum Gasteiger partial charge on any atom is 0.241 e. The molecule has 0 bridgehead atoms. The Balaban J connectivity index is 2.27. The van der Waals surface area contributed by atoms with Gasteiger partial charge in [0.05, 0.1) is 10.9 Å². The van der Waals surface area contributed by atoms with E-state index >= 15 is 0 Å². The Labute approximate surface area is 122 Å². The third-order valence-corrected chi connectivity index (χ3v) is 4.54. The van der Waals surface area contributed by atoms with Crippen molar-refractivity contribution in [2.45, 2.75) is 10.9 Å². The summed E-state index contributed by atoms with van der Waals surface area (Å²) in [4.78, 5) is -0.122. The van der Waals surface area contributed by atoms with Crippen LogP contribution < -0.4 is 4.72 Å². The van der Waals surface area contributed by atoms with Crippen molar-refractivity contribution in [3.05, 3.63) is 66.0 Å². The lowest BCUT2D eigenvalue weighted by molar-refractivity contribution is 0.565. The number of alkyl halides is 1. The van der Waals surface area contributed by atoms with E-state index in [0.29, 0.717) is 0 Å². The van der Waals surface area contributed by atoms with Crippen LogP contribution in [0.4, 0.5) is 4.39 Å². The van der Waals surface area contributed by atoms with Crippen molar-refractivity contribution >= 4 is 21.6 Å². The first-order valence-corrected chi connectivity index (χ1v) is 7.93. The normalized spacial score (nSPS) is 13.1. The van der Waals surface area contributed by atoms with Crippen LogP contribution in [0.3, 0.4) is 0 Å². The van der Waals surface area contributed by atoms with E-state index in [0.717, 1.165) is 11.6 Å². The van der Waals surface area contributed by atoms with Crippen molar-refractivity contribution in [3.63, 3.8) is 0 Å². The van der Waals surface area contributed by atoms with Gasteiger partial charge in [-0.3, -0.25) is 0 Å². The van der Waals surface area contributed by atoms with Crippen LogP contribution >= 0.6 is 11.6 Å². The number of hydrogen-bond acceptors (Lipinski definition) is 2. The minimum Gasteiger partial charge on any atom is -0.207 e. The van der Waals surface area contributed by atoms with Gasteiger partial charge in [-0.05, 0) is 23.8 Å². The van der Waals surface area contributed by atoms with Crippen molar-refractivity contribution in [2.24, 2.45) is 0 Å². The third-order valence-electron chi connectivity index (χ3n) is 2.76. The van der Waals surface area contributed by atoms with Gasteiger partial charge in [0.15, 0.2) is 0 Å². The molecule has 0 aliphatic rings. The topological polar surface area (TPSA) is 46.2 Å². The highest BCUT2D eigenvalue weighted by atomic mass is 35.5. The van der Waals surface area contributed by atoms with E-state index in [-0.39, 0.29) is 10.8 Å². The zero-order valence-corrected chi connectivity index (χ0v) is 12.0. The maximum atomic E-state index is 13.1. The Morgan fingerprint density at radius 3 is 2.40 bits per heavy atom. The van der Waals surface area contributed by atoms with Crippen LogP contribution in [-0.4, -0.2) is 14.3 Å². The Morgan fingerprint density at radius 2 is 1.80 bits per heavy atom. The summed E-state index contributed by atoms with van der Waals surface area (Å²) in [6, 6.07) is 13.3. The molecule has 0 radical (unpaired) electrons. The lowest BCUT2D eigenvalue weighted by Crippen LogP contribution is -2.29. The molecule has 1 N–H and O–H groups in total. The van der Waals surface area contributed by atoms with Crippen LogP contribution in [0.25, 0.3) is 0 Å². The second-order valence-corrected chi connectivity index (χ2v) is 6.22. The number of halogens is 2. The van der Waals surface area contributed by atoms with Crippen LogP contribution in [0, 0.1) is 5.82 Å². The molecule has 0 aromatic heterocycles. The van der Waals surface area contributed by atoms with Gasteiger partial charge in [0.2, 0.25) is 10.0 Å². The van der Waals surface area contributed by atoms with Crippen LogP contribution in [0.15, 0.2) is 59.5 Å². The highest BCUT2D eigenvalue weighted by Gasteiger charge is 2.21. The van der Waals surface area contributed by atoms with Gasteiger partial charge in [-0.15, -0.1) is 11.6 Å². The Hall–Kier alpha value is -1.43. The number of hydrogen-bond donors (Lipinski definition) is 1. The molecule has 0 fully saturated rings. The minimum atomic E-state index is -3.82. The van der Waals surface area contributed by atoms with Gasteiger partial charge >= 0.3 is 0 Å². The lowest BCUT2D eigenvalue weighted by atomic mass is 10.1. The molecule has 0 aliphatic heterocycles. The molecule has 0 spiro atoms. The van der Waals surface area contributed by atoms with Crippen LogP contribution in [0.5, 0.6) is 0 Å². The van der Waals surface area contributed by atoms with Crippen molar-refractivity contribution in [3.8, 4) is 0 Å². The molecule has 2 aromatic carbocycles. The van der Waals surface area contributed by atoms with Crippen molar-refractivity contribution in [1.82, 2.24) is 4.72 Å². The fraction of sp³-hybridized carbons (Fsp3) is 0.143. The summed E-state index contributed by atoms with van der Waals surface area (Å²) >= 11 is 5.83. The Morgan fingerprint density at radius 1 is 1.10 bits per heavy atom. The standard InChI is InChI=1S/C14H13ClFNO2S/c15-10-14(11-5-2-1-3-6-11)17-20(18,19)13-8-4-7-12(16)9-13/h1-9,14,17H,10H2. The molecule has 0 heterocycles. The molecule has 1 atom stereocenters. The third kappa shape index (κ3) is 3.56. The van der Waals surface area contributed by atoms with E-state index in [4.69, 9.17) is 11.6 Å². The summed E-state index contributed by atoms with van der Waals surface area (Å²) in [6.45, 7) is 0. The summed E-state index contributed by atoms with van der Waals surface area (Å²) < 4.78 is 40.0. The molecular formula is C14H13ClFNO2S. The number of rotatable bonds is 5. The predicted octanol–water partition coefficient (Wildman–Crippen LogP) is 3.08. The van der Waals surface area contributed by atoms with Gasteiger partial charge in [-0.25, -0.2) is 17.5 Å². The first-order valence-electron chi connectivity index (χ1n) is 5.92. The number of nitrogens with one attached hydrogen (secondary N) is 1. The van der Waals surface area contributed by atoms with Gasteiger partial charge < -0.3 is 0 Å². The van der Waals surface area contributed by atoms with E-state index in [1.807, 2.05) is 6.07 Å². The molecule has 1 unspecified atom stereocenters. The zero-order valence-electron chi connectivity index (χ0n) is 10.5. The predicted molar refractivity (Wildman–Crippen MR) is 76.6 cm³/mol. The molecule has 0 saturated heterocycles. The Bertz CT molecular complexity index is 677. The van der Waals surface area contributed by atoms with Crippen LogP contribution in [0.1, 0.15) is 11.6 Å². The van der Waals surface area contributed by atoms with Crippen LogP contribution in [-0.2, 0) is 10.0 Å². The van der Waals surface area contributed by atoms with Crippen LogP contribution in [0.2, 0.25) is 0 Å². The molecule has 20 heavy (non-hydrogen) atoms. The quantitative estimate of drug-likeness (QED) is 0.862. The molecule has 106 valence electrons. The average Bonchev–Trinajstić information content (AvgIpc) is 2.46. The van der Waals surface area contributed by atoms with Gasteiger partial charge in [0.25, 0.3) is 0 Å². The SMILES string of the molecule is O=S(=O)(NC(CCl)c1ccccc1)c1cccc(F)c1. The van der Waals surface area contributed by atoms with E-state index in [1.54, 1.807) is 24.3 Å². The van der Waals surface area contributed by atoms with Crippen molar-refractivity contribution in [1.29, 1.82) is 0 Å². The van der Waals surface area contributed by atoms with E-state index in [2.05, 4.69) is 4.72 Å². The molecule has 0 amide bonds. The molecule has 6 heteroatoms. The van der Waals surface area contributed by atoms with Gasteiger partial charge in [0, 0.05) is 5.88 Å². The van der Waals surface area contributed by atoms with E-state index in [1.165, 1.54) is 18.2 Å². The zero-order chi connectivity index (χ0) is 14.6. The molecular weight excluding hydrogens is 301 g/mol. The molecule has 0 saturated carbocycles. The van der Waals surface area contributed by atoms with Crippen molar-refractivity contribution in [2.75, 3.05) is 5.88 Å². The highest BCUT2D eigenvalue weighted by molar-refractivity contribution is 7.89. The largest absolute Gasteiger partial charge is 0.241 e. The molecule has 2 rings (SSSR count). The fourth-order valence-corrected chi connectivity index (χ4v) is 3.37. The number of sulfonamides is 1. The first-order chi connectivity index (χ1) is 9.53. The first kappa shape index (κ1) is 15.0. The second kappa shape index (κ2) is 6.35. The molecule has 0 aliphatic carbocycles. The summed E-state index contributed by atoms with van der Waals surface area (Å²) in [7, 11) is -3.82. The molecule has 3 nitrogen and oxygen atoms in total. The fourth-order valence-electron chi connectivity index (χ4n) is 1.76. The Kier molecular flexibility index (Phi) is 4.75. The summed E-state index contributed by atoms with van der Waals surface area (Å²) in [5.41, 5.74) is 0.752. The molecule has 2 aromatic rings. The minimum absolute atomic E-state index is 0.0819. The maximum absolute atomic E-state index is 13.1. The van der Waals surface area contributed by atoms with Gasteiger partial charge in [-0.2, -0.15) is 0 Å². The average molecular weight is 314 g/mol.